The molecule has 0 radical (unpaired) electrons. The van der Waals surface area contributed by atoms with Crippen molar-refractivity contribution in [3.05, 3.63) is 70.8 Å². The molecule has 2 saturated heterocycles. The van der Waals surface area contributed by atoms with Crippen molar-refractivity contribution in [2.75, 3.05) is 26.4 Å². The minimum Gasteiger partial charge on any atom is -0.365 e. The van der Waals surface area contributed by atoms with Crippen LogP contribution in [0, 0.1) is 11.8 Å². The Labute approximate surface area is 246 Å². The highest BCUT2D eigenvalue weighted by Gasteiger charge is 2.46. The lowest BCUT2D eigenvalue weighted by Crippen LogP contribution is -2.39. The van der Waals surface area contributed by atoms with Crippen molar-refractivity contribution in [2.45, 2.75) is 87.5 Å². The van der Waals surface area contributed by atoms with Gasteiger partial charge in [0.2, 0.25) is 0 Å². The molecule has 2 heterocycles. The van der Waals surface area contributed by atoms with Crippen LogP contribution in [0.15, 0.2) is 48.5 Å². The molecular formula is C32H36F6O5. The molecule has 4 fully saturated rings. The van der Waals surface area contributed by atoms with Crippen LogP contribution < -0.4 is 0 Å². The zero-order valence-electron chi connectivity index (χ0n) is 23.7. The predicted molar refractivity (Wildman–Crippen MR) is 143 cm³/mol. The van der Waals surface area contributed by atoms with Crippen molar-refractivity contribution < 1.29 is 50.0 Å². The fourth-order valence-electron chi connectivity index (χ4n) is 7.20. The van der Waals surface area contributed by atoms with Gasteiger partial charge in [-0.05, 0) is 72.9 Å². The molecule has 4 aliphatic rings. The number of benzene rings is 2. The maximum Gasteiger partial charge on any atom is 0.416 e. The fraction of sp³-hybridized carbons (Fsp3) is 0.625. The summed E-state index contributed by atoms with van der Waals surface area (Å²) in [4.78, 5) is 0. The normalized spacial score (nSPS) is 25.8. The molecule has 2 aromatic rings. The molecule has 0 aromatic heterocycles. The Kier molecular flexibility index (Phi) is 8.58. The summed E-state index contributed by atoms with van der Waals surface area (Å²) in [6.45, 7) is 1.97. The molecule has 0 amide bonds. The molecule has 236 valence electrons. The number of halogens is 6. The molecule has 2 aliphatic heterocycles. The van der Waals surface area contributed by atoms with E-state index in [1.807, 2.05) is 0 Å². The largest absolute Gasteiger partial charge is 0.416 e. The summed E-state index contributed by atoms with van der Waals surface area (Å²) in [5.74, 6) is -1.75. The van der Waals surface area contributed by atoms with E-state index >= 15 is 0 Å². The van der Waals surface area contributed by atoms with Crippen LogP contribution in [-0.2, 0) is 36.0 Å². The second-order valence-electron chi connectivity index (χ2n) is 12.1. The Morgan fingerprint density at radius 2 is 0.930 bits per heavy atom. The summed E-state index contributed by atoms with van der Waals surface area (Å²) in [7, 11) is 0. The maximum absolute atomic E-state index is 13.8. The minimum atomic E-state index is -4.55. The van der Waals surface area contributed by atoms with E-state index in [0.717, 1.165) is 24.3 Å². The van der Waals surface area contributed by atoms with Gasteiger partial charge in [-0.25, -0.2) is 0 Å². The van der Waals surface area contributed by atoms with Gasteiger partial charge < -0.3 is 23.7 Å². The van der Waals surface area contributed by atoms with Gasteiger partial charge in [-0.2, -0.15) is 26.3 Å². The first-order valence-corrected chi connectivity index (χ1v) is 15.0. The number of hydrogen-bond donors (Lipinski definition) is 0. The lowest BCUT2D eigenvalue weighted by Gasteiger charge is -2.43. The third-order valence-electron chi connectivity index (χ3n) is 9.45. The van der Waals surface area contributed by atoms with Gasteiger partial charge in [0.15, 0.2) is 11.6 Å². The van der Waals surface area contributed by atoms with Crippen LogP contribution in [-0.4, -0.2) is 38.0 Å². The van der Waals surface area contributed by atoms with Crippen molar-refractivity contribution in [2.24, 2.45) is 11.8 Å². The second-order valence-corrected chi connectivity index (χ2v) is 12.1. The Hall–Kier alpha value is -2.18. The number of ether oxygens (including phenoxy) is 5. The highest BCUT2D eigenvalue weighted by Crippen LogP contribution is 2.50. The second kappa shape index (κ2) is 12.0. The van der Waals surface area contributed by atoms with E-state index in [2.05, 4.69) is 0 Å². The number of rotatable bonds is 6. The molecule has 2 atom stereocenters. The lowest BCUT2D eigenvalue weighted by atomic mass is 9.77. The molecule has 43 heavy (non-hydrogen) atoms. The van der Waals surface area contributed by atoms with Gasteiger partial charge in [0.05, 0.1) is 49.8 Å². The molecule has 5 nitrogen and oxygen atoms in total. The highest BCUT2D eigenvalue weighted by molar-refractivity contribution is 5.30. The SMILES string of the molecule is FC(F)(F)c1cccc(C(OC(c2cccc(C(F)(F)F)c2)C2CCC3(CC2)OCCO3)C2CCC3(CC2)OCCO3)c1. The van der Waals surface area contributed by atoms with Crippen LogP contribution in [0.3, 0.4) is 0 Å². The van der Waals surface area contributed by atoms with Crippen LogP contribution in [0.2, 0.25) is 0 Å². The maximum atomic E-state index is 13.8. The van der Waals surface area contributed by atoms with Crippen molar-refractivity contribution in [3.8, 4) is 0 Å². The molecule has 11 heteroatoms. The summed E-state index contributed by atoms with van der Waals surface area (Å²) in [5.41, 5.74) is -0.871. The van der Waals surface area contributed by atoms with Gasteiger partial charge in [0.25, 0.3) is 0 Å². The third kappa shape index (κ3) is 6.76. The first-order chi connectivity index (χ1) is 20.5. The van der Waals surface area contributed by atoms with Crippen molar-refractivity contribution >= 4 is 0 Å². The number of hydrogen-bond acceptors (Lipinski definition) is 5. The van der Waals surface area contributed by atoms with Gasteiger partial charge in [-0.3, -0.25) is 0 Å². The first kappa shape index (κ1) is 30.8. The molecule has 2 spiro atoms. The smallest absolute Gasteiger partial charge is 0.365 e. The molecule has 2 saturated carbocycles. The Morgan fingerprint density at radius 1 is 0.581 bits per heavy atom. The molecule has 2 unspecified atom stereocenters. The topological polar surface area (TPSA) is 46.2 Å². The van der Waals surface area contributed by atoms with Crippen molar-refractivity contribution in [3.63, 3.8) is 0 Å². The molecule has 2 aromatic carbocycles. The Morgan fingerprint density at radius 3 is 1.26 bits per heavy atom. The van der Waals surface area contributed by atoms with E-state index in [1.54, 1.807) is 12.1 Å². The molecule has 0 bridgehead atoms. The van der Waals surface area contributed by atoms with E-state index in [1.165, 1.54) is 12.1 Å². The van der Waals surface area contributed by atoms with Crippen LogP contribution in [0.1, 0.15) is 85.8 Å². The zero-order valence-corrected chi connectivity index (χ0v) is 23.7. The monoisotopic (exact) mass is 614 g/mol. The summed E-state index contributed by atoms with van der Waals surface area (Å²) >= 11 is 0. The van der Waals surface area contributed by atoms with E-state index in [9.17, 15) is 26.3 Å². The van der Waals surface area contributed by atoms with Gasteiger partial charge >= 0.3 is 12.4 Å². The van der Waals surface area contributed by atoms with Crippen molar-refractivity contribution in [1.82, 2.24) is 0 Å². The lowest BCUT2D eigenvalue weighted by molar-refractivity contribution is -0.200. The van der Waals surface area contributed by atoms with Gasteiger partial charge in [0, 0.05) is 25.7 Å². The summed E-state index contributed by atoms with van der Waals surface area (Å²) in [5, 5.41) is 0. The molecule has 2 aliphatic carbocycles. The van der Waals surface area contributed by atoms with Crippen LogP contribution >= 0.6 is 0 Å². The predicted octanol–water partition coefficient (Wildman–Crippen LogP) is 8.39. The van der Waals surface area contributed by atoms with Crippen LogP contribution in [0.5, 0.6) is 0 Å². The summed E-state index contributed by atoms with van der Waals surface area (Å²) < 4.78 is 113. The zero-order chi connectivity index (χ0) is 30.3. The minimum absolute atomic E-state index is 0.188. The summed E-state index contributed by atoms with van der Waals surface area (Å²) in [6.07, 6.45) is -6.13. The molecular weight excluding hydrogens is 578 g/mol. The quantitative estimate of drug-likeness (QED) is 0.306. The molecule has 0 N–H and O–H groups in total. The Balaban J connectivity index is 1.34. The highest BCUT2D eigenvalue weighted by atomic mass is 19.4. The summed E-state index contributed by atoms with van der Waals surface area (Å²) in [6, 6.07) is 10.2. The van der Waals surface area contributed by atoms with Crippen LogP contribution in [0.4, 0.5) is 26.3 Å². The van der Waals surface area contributed by atoms with E-state index in [4.69, 9.17) is 23.7 Å². The fourth-order valence-corrected chi connectivity index (χ4v) is 7.20. The van der Waals surface area contributed by atoms with Gasteiger partial charge in [0.1, 0.15) is 0 Å². The van der Waals surface area contributed by atoms with E-state index in [0.29, 0.717) is 88.9 Å². The van der Waals surface area contributed by atoms with Crippen molar-refractivity contribution in [1.29, 1.82) is 0 Å². The van der Waals surface area contributed by atoms with E-state index in [-0.39, 0.29) is 11.8 Å². The van der Waals surface area contributed by atoms with Gasteiger partial charge in [-0.15, -0.1) is 0 Å². The first-order valence-electron chi connectivity index (χ1n) is 15.0. The number of alkyl halides is 6. The van der Waals surface area contributed by atoms with Gasteiger partial charge in [-0.1, -0.05) is 24.3 Å². The Bertz CT molecular complexity index is 1140. The molecule has 6 rings (SSSR count). The average Bonchev–Trinajstić information content (AvgIpc) is 3.64. The van der Waals surface area contributed by atoms with E-state index < -0.39 is 47.3 Å². The standard InChI is InChI=1S/C32H36F6O5/c33-31(34,35)25-5-1-3-23(19-25)27(21-7-11-29(12-8-21)39-15-16-40-29)43-28(24-4-2-6-26(20-24)32(36,37)38)22-9-13-30(14-10-22)41-17-18-42-30/h1-6,19-22,27-28H,7-18H2. The third-order valence-corrected chi connectivity index (χ3v) is 9.45. The average molecular weight is 615 g/mol. The van der Waals surface area contributed by atoms with Crippen LogP contribution in [0.25, 0.3) is 0 Å².